The quantitative estimate of drug-likeness (QED) is 0.601. The van der Waals surface area contributed by atoms with Crippen molar-refractivity contribution in [1.82, 2.24) is 24.7 Å². The maximum Gasteiger partial charge on any atom is 0.168 e. The third kappa shape index (κ3) is 4.57. The van der Waals surface area contributed by atoms with Crippen LogP contribution in [0.5, 0.6) is 0 Å². The molecule has 0 radical (unpaired) electrons. The van der Waals surface area contributed by atoms with E-state index >= 15 is 0 Å². The van der Waals surface area contributed by atoms with Crippen LogP contribution in [-0.4, -0.2) is 43.6 Å². The first-order valence-corrected chi connectivity index (χ1v) is 10.2. The zero-order valence-electron chi connectivity index (χ0n) is 17.7. The highest BCUT2D eigenvalue weighted by Crippen LogP contribution is 2.27. The maximum absolute atomic E-state index is 14.6. The summed E-state index contributed by atoms with van der Waals surface area (Å²) in [7, 11) is 0. The molecule has 1 fully saturated rings. The fraction of sp³-hybridized carbons (Fsp3) is 0.476. The second kappa shape index (κ2) is 9.01. The molecule has 1 aliphatic rings. The van der Waals surface area contributed by atoms with Gasteiger partial charge in [-0.15, -0.1) is 0 Å². The molecule has 3 aromatic heterocycles. The van der Waals surface area contributed by atoms with Crippen LogP contribution in [0.3, 0.4) is 0 Å². The fourth-order valence-electron chi connectivity index (χ4n) is 3.30. The summed E-state index contributed by atoms with van der Waals surface area (Å²) in [5, 5.41) is 16.5. The summed E-state index contributed by atoms with van der Waals surface area (Å²) < 4.78 is 30.5. The Hall–Kier alpha value is -2.65. The van der Waals surface area contributed by atoms with E-state index in [0.29, 0.717) is 23.6 Å². The highest BCUT2D eigenvalue weighted by molar-refractivity contribution is 5.62. The Labute approximate surface area is 174 Å². The first-order valence-electron chi connectivity index (χ1n) is 10.2. The molecule has 9 heteroatoms. The molecule has 4 rings (SSSR count). The van der Waals surface area contributed by atoms with Crippen LogP contribution in [-0.2, 0) is 5.60 Å². The SMILES string of the molecule is CC.CC(C)(O)c1cn2c(-c3nc(NC4CCCNC4)c(F)cc3F)cnc2cn1. The molecule has 0 amide bonds. The molecule has 1 saturated heterocycles. The van der Waals surface area contributed by atoms with E-state index in [1.807, 2.05) is 13.8 Å². The first-order chi connectivity index (χ1) is 14.3. The molecule has 7 nitrogen and oxygen atoms in total. The standard InChI is InChI=1S/C19H22F2N6O.C2H6/c1-19(2,28)15-10-27-14(8-24-16(27)9-23-15)17-12(20)6-13(21)18(26-17)25-11-4-3-5-22-7-11;1-2/h6,8-11,22,28H,3-5,7H2,1-2H3,(H,25,26);1-2H3. The zero-order chi connectivity index (χ0) is 21.9. The number of hydrogen-bond acceptors (Lipinski definition) is 6. The minimum absolute atomic E-state index is 0.0109. The molecule has 0 aliphatic carbocycles. The highest BCUT2D eigenvalue weighted by Gasteiger charge is 2.22. The van der Waals surface area contributed by atoms with Crippen molar-refractivity contribution in [2.45, 2.75) is 52.2 Å². The predicted octanol–water partition coefficient (Wildman–Crippen LogP) is 3.49. The Balaban J connectivity index is 0.00000124. The average molecular weight is 418 g/mol. The van der Waals surface area contributed by atoms with Gasteiger partial charge in [0.2, 0.25) is 0 Å². The molecule has 3 N–H and O–H groups in total. The number of imidazole rings is 1. The number of fused-ring (bicyclic) bond motifs is 1. The van der Waals surface area contributed by atoms with Gasteiger partial charge in [0, 0.05) is 24.8 Å². The summed E-state index contributed by atoms with van der Waals surface area (Å²) in [4.78, 5) is 12.6. The summed E-state index contributed by atoms with van der Waals surface area (Å²) in [5.41, 5.74) is 0.0248. The van der Waals surface area contributed by atoms with Crippen LogP contribution in [0.1, 0.15) is 46.2 Å². The van der Waals surface area contributed by atoms with Crippen LogP contribution >= 0.6 is 0 Å². The van der Waals surface area contributed by atoms with Gasteiger partial charge in [-0.25, -0.2) is 18.7 Å². The smallest absolute Gasteiger partial charge is 0.168 e. The number of aliphatic hydroxyl groups is 1. The van der Waals surface area contributed by atoms with E-state index in [2.05, 4.69) is 25.6 Å². The van der Waals surface area contributed by atoms with Crippen molar-refractivity contribution in [1.29, 1.82) is 0 Å². The Morgan fingerprint density at radius 1 is 1.20 bits per heavy atom. The van der Waals surface area contributed by atoms with Gasteiger partial charge >= 0.3 is 0 Å². The number of hydrogen-bond donors (Lipinski definition) is 3. The molecule has 0 aromatic carbocycles. The topological polar surface area (TPSA) is 87.4 Å². The number of aromatic nitrogens is 4. The van der Waals surface area contributed by atoms with Crippen molar-refractivity contribution in [3.05, 3.63) is 42.0 Å². The van der Waals surface area contributed by atoms with E-state index in [0.717, 1.165) is 25.5 Å². The van der Waals surface area contributed by atoms with Gasteiger partial charge in [0.25, 0.3) is 0 Å². The molecule has 162 valence electrons. The van der Waals surface area contributed by atoms with Crippen LogP contribution < -0.4 is 10.6 Å². The lowest BCUT2D eigenvalue weighted by Gasteiger charge is -2.24. The Morgan fingerprint density at radius 3 is 2.63 bits per heavy atom. The van der Waals surface area contributed by atoms with Gasteiger partial charge in [-0.2, -0.15) is 0 Å². The van der Waals surface area contributed by atoms with Crippen molar-refractivity contribution >= 4 is 11.5 Å². The Morgan fingerprint density at radius 2 is 1.97 bits per heavy atom. The van der Waals surface area contributed by atoms with E-state index in [1.54, 1.807) is 24.4 Å². The molecule has 0 saturated carbocycles. The lowest BCUT2D eigenvalue weighted by Crippen LogP contribution is -2.38. The van der Waals surface area contributed by atoms with Crippen LogP contribution in [0.15, 0.2) is 24.7 Å². The lowest BCUT2D eigenvalue weighted by molar-refractivity contribution is 0.0734. The van der Waals surface area contributed by atoms with Crippen molar-refractivity contribution in [3.63, 3.8) is 0 Å². The lowest BCUT2D eigenvalue weighted by atomic mass is 10.1. The maximum atomic E-state index is 14.6. The van der Waals surface area contributed by atoms with Crippen molar-refractivity contribution in [2.75, 3.05) is 18.4 Å². The summed E-state index contributed by atoms with van der Waals surface area (Å²) in [6, 6.07) is 0.862. The van der Waals surface area contributed by atoms with Crippen LogP contribution in [0, 0.1) is 11.6 Å². The number of pyridine rings is 1. The predicted molar refractivity (Wildman–Crippen MR) is 112 cm³/mol. The highest BCUT2D eigenvalue weighted by atomic mass is 19.1. The minimum atomic E-state index is -1.18. The van der Waals surface area contributed by atoms with E-state index in [1.165, 1.54) is 12.4 Å². The van der Waals surface area contributed by atoms with E-state index < -0.39 is 17.2 Å². The van der Waals surface area contributed by atoms with E-state index in [4.69, 9.17) is 0 Å². The summed E-state index contributed by atoms with van der Waals surface area (Å²) in [5.74, 6) is -1.51. The molecular weight excluding hydrogens is 390 g/mol. The fourth-order valence-corrected chi connectivity index (χ4v) is 3.30. The molecule has 1 atom stereocenters. The van der Waals surface area contributed by atoms with Gasteiger partial charge in [0.05, 0.1) is 23.8 Å². The third-order valence-electron chi connectivity index (χ3n) is 4.83. The number of piperidine rings is 1. The van der Waals surface area contributed by atoms with Crippen LogP contribution in [0.2, 0.25) is 0 Å². The van der Waals surface area contributed by atoms with E-state index in [-0.39, 0.29) is 17.6 Å². The molecule has 1 unspecified atom stereocenters. The molecule has 0 bridgehead atoms. The van der Waals surface area contributed by atoms with Crippen molar-refractivity contribution < 1.29 is 13.9 Å². The van der Waals surface area contributed by atoms with Gasteiger partial charge in [-0.3, -0.25) is 9.38 Å². The molecule has 4 heterocycles. The monoisotopic (exact) mass is 418 g/mol. The molecule has 0 spiro atoms. The Bertz CT molecular complexity index is 1010. The average Bonchev–Trinajstić information content (AvgIpc) is 3.15. The summed E-state index contributed by atoms with van der Waals surface area (Å²) in [6.07, 6.45) is 6.40. The van der Waals surface area contributed by atoms with Crippen LogP contribution in [0.25, 0.3) is 17.0 Å². The number of rotatable bonds is 4. The largest absolute Gasteiger partial charge is 0.384 e. The third-order valence-corrected chi connectivity index (χ3v) is 4.83. The van der Waals surface area contributed by atoms with Gasteiger partial charge in [-0.05, 0) is 33.2 Å². The summed E-state index contributed by atoms with van der Waals surface area (Å²) >= 11 is 0. The molecule has 3 aromatic rings. The number of anilines is 1. The van der Waals surface area contributed by atoms with E-state index in [9.17, 15) is 13.9 Å². The van der Waals surface area contributed by atoms with Crippen molar-refractivity contribution in [3.8, 4) is 11.4 Å². The number of nitrogens with zero attached hydrogens (tertiary/aromatic N) is 4. The number of halogens is 2. The van der Waals surface area contributed by atoms with Gasteiger partial charge in [-0.1, -0.05) is 13.8 Å². The first kappa shape index (κ1) is 22.0. The molecule has 1 aliphatic heterocycles. The Kier molecular flexibility index (Phi) is 6.62. The van der Waals surface area contributed by atoms with Gasteiger partial charge in [0.1, 0.15) is 11.3 Å². The second-order valence-corrected chi connectivity index (χ2v) is 7.54. The molecular formula is C21H28F2N6O. The number of nitrogens with one attached hydrogen (secondary N) is 2. The minimum Gasteiger partial charge on any atom is -0.384 e. The normalized spacial score (nSPS) is 16.8. The van der Waals surface area contributed by atoms with Gasteiger partial charge in [0.15, 0.2) is 23.1 Å². The van der Waals surface area contributed by atoms with Crippen LogP contribution in [0.4, 0.5) is 14.6 Å². The molecule has 30 heavy (non-hydrogen) atoms. The zero-order valence-corrected chi connectivity index (χ0v) is 17.7. The second-order valence-electron chi connectivity index (χ2n) is 7.54. The summed E-state index contributed by atoms with van der Waals surface area (Å²) in [6.45, 7) is 8.84. The van der Waals surface area contributed by atoms with Gasteiger partial charge < -0.3 is 15.7 Å². The van der Waals surface area contributed by atoms with Crippen molar-refractivity contribution in [2.24, 2.45) is 0 Å².